The van der Waals surface area contributed by atoms with Gasteiger partial charge in [-0.1, -0.05) is 54.6 Å². The van der Waals surface area contributed by atoms with Crippen LogP contribution in [0.15, 0.2) is 101 Å². The molecule has 0 radical (unpaired) electrons. The zero-order valence-electron chi connectivity index (χ0n) is 20.7. The lowest BCUT2D eigenvalue weighted by atomic mass is 9.78. The molecule has 5 aromatic rings. The molecule has 6 heteroatoms. The van der Waals surface area contributed by atoms with E-state index in [2.05, 4.69) is 37.4 Å². The predicted molar refractivity (Wildman–Crippen MR) is 154 cm³/mol. The summed E-state index contributed by atoms with van der Waals surface area (Å²) in [6, 6.07) is 22.1. The van der Waals surface area contributed by atoms with Gasteiger partial charge < -0.3 is 4.42 Å². The minimum absolute atomic E-state index is 0.146. The van der Waals surface area contributed by atoms with Gasteiger partial charge in [-0.3, -0.25) is 0 Å². The van der Waals surface area contributed by atoms with Crippen LogP contribution in [0, 0.1) is 5.82 Å². The Kier molecular flexibility index (Phi) is 6.40. The second-order valence-corrected chi connectivity index (χ2v) is 12.5. The summed E-state index contributed by atoms with van der Waals surface area (Å²) in [6.45, 7) is 3.81. The van der Waals surface area contributed by atoms with Gasteiger partial charge in [-0.25, -0.2) is 12.8 Å². The maximum atomic E-state index is 13.9. The third-order valence-electron chi connectivity index (χ3n) is 7.79. The molecule has 0 bridgehead atoms. The van der Waals surface area contributed by atoms with E-state index >= 15 is 0 Å². The van der Waals surface area contributed by atoms with Crippen molar-refractivity contribution in [3.05, 3.63) is 125 Å². The van der Waals surface area contributed by atoms with Crippen molar-refractivity contribution in [2.75, 3.05) is 0 Å². The van der Waals surface area contributed by atoms with Gasteiger partial charge in [-0.05, 0) is 93.2 Å². The van der Waals surface area contributed by atoms with E-state index in [1.807, 2.05) is 30.3 Å². The van der Waals surface area contributed by atoms with Crippen LogP contribution >= 0.6 is 12.6 Å². The Bertz CT molecular complexity index is 1790. The van der Waals surface area contributed by atoms with Crippen molar-refractivity contribution < 1.29 is 17.2 Å². The van der Waals surface area contributed by atoms with Crippen molar-refractivity contribution in [2.24, 2.45) is 0 Å². The monoisotopic (exact) mass is 542 g/mol. The van der Waals surface area contributed by atoms with Crippen LogP contribution in [0.4, 0.5) is 4.39 Å². The third kappa shape index (κ3) is 4.36. The molecular formula is C32H27FO3S2. The summed E-state index contributed by atoms with van der Waals surface area (Å²) in [6.07, 6.45) is 5.78. The van der Waals surface area contributed by atoms with Crippen molar-refractivity contribution in [3.8, 4) is 0 Å². The van der Waals surface area contributed by atoms with Crippen molar-refractivity contribution in [2.45, 2.75) is 41.3 Å². The molecule has 0 N–H and O–H groups in total. The summed E-state index contributed by atoms with van der Waals surface area (Å²) in [5, 5.41) is 3.88. The standard InChI is InChI=1S/C32H27FO3S2/c1-2-30(21-9-12-25(33)13-10-21)38(34,35)19-24-17-22-5-3-4-6-26(22)28-14-11-20-7-8-23(18-29(20)31(24)28)27-15-16-36-32(27)37/h2-6,9-17,23,30,37H,1,7-8,18-19H2. The van der Waals surface area contributed by atoms with E-state index in [4.69, 9.17) is 4.42 Å². The van der Waals surface area contributed by atoms with Gasteiger partial charge in [0.15, 0.2) is 14.9 Å². The Morgan fingerprint density at radius 3 is 2.58 bits per heavy atom. The average Bonchev–Trinajstić information content (AvgIpc) is 3.35. The number of hydrogen-bond acceptors (Lipinski definition) is 4. The van der Waals surface area contributed by atoms with Crippen molar-refractivity contribution in [3.63, 3.8) is 0 Å². The molecule has 0 fully saturated rings. The van der Waals surface area contributed by atoms with Crippen LogP contribution in [0.2, 0.25) is 0 Å². The zero-order chi connectivity index (χ0) is 26.4. The van der Waals surface area contributed by atoms with Crippen molar-refractivity contribution in [1.29, 1.82) is 0 Å². The molecule has 2 atom stereocenters. The van der Waals surface area contributed by atoms with Crippen LogP contribution in [0.5, 0.6) is 0 Å². The first-order valence-electron chi connectivity index (χ1n) is 12.7. The normalized spacial score (nSPS) is 16.4. The molecule has 3 nitrogen and oxygen atoms in total. The fourth-order valence-electron chi connectivity index (χ4n) is 6.01. The highest BCUT2D eigenvalue weighted by atomic mass is 32.2. The number of thiol groups is 1. The topological polar surface area (TPSA) is 47.3 Å². The SMILES string of the molecule is C=CC(c1ccc(F)cc1)S(=O)(=O)Cc1cc2ccccc2c2ccc3c(c12)CC(c1ccoc1S)CC3. The van der Waals surface area contributed by atoms with Crippen molar-refractivity contribution in [1.82, 2.24) is 0 Å². The molecule has 1 aliphatic rings. The molecule has 2 unspecified atom stereocenters. The highest BCUT2D eigenvalue weighted by Gasteiger charge is 2.29. The number of halogens is 1. The van der Waals surface area contributed by atoms with Gasteiger partial charge in [0.25, 0.3) is 0 Å². The third-order valence-corrected chi connectivity index (χ3v) is 10.1. The lowest BCUT2D eigenvalue weighted by Gasteiger charge is -2.27. The van der Waals surface area contributed by atoms with E-state index in [0.29, 0.717) is 10.7 Å². The Hall–Kier alpha value is -3.35. The van der Waals surface area contributed by atoms with Gasteiger partial charge in [-0.15, -0.1) is 19.2 Å². The second-order valence-electron chi connectivity index (χ2n) is 10.0. The molecule has 1 heterocycles. The van der Waals surface area contributed by atoms with E-state index in [9.17, 15) is 12.8 Å². The van der Waals surface area contributed by atoms with Crippen LogP contribution in [0.1, 0.15) is 45.4 Å². The molecule has 0 amide bonds. The van der Waals surface area contributed by atoms with Crippen molar-refractivity contribution >= 4 is 44.0 Å². The molecule has 1 aromatic heterocycles. The smallest absolute Gasteiger partial charge is 0.165 e. The van der Waals surface area contributed by atoms with E-state index in [0.717, 1.165) is 51.9 Å². The Morgan fingerprint density at radius 2 is 1.84 bits per heavy atom. The summed E-state index contributed by atoms with van der Waals surface area (Å²) in [4.78, 5) is 0. The van der Waals surface area contributed by atoms with Gasteiger partial charge in [0.2, 0.25) is 0 Å². The molecule has 192 valence electrons. The predicted octanol–water partition coefficient (Wildman–Crippen LogP) is 8.13. The average molecular weight is 543 g/mol. The summed E-state index contributed by atoms with van der Waals surface area (Å²) < 4.78 is 46.8. The summed E-state index contributed by atoms with van der Waals surface area (Å²) in [7, 11) is -3.71. The highest BCUT2D eigenvalue weighted by molar-refractivity contribution is 7.91. The maximum Gasteiger partial charge on any atom is 0.165 e. The maximum absolute atomic E-state index is 13.9. The Morgan fingerprint density at radius 1 is 1.05 bits per heavy atom. The van der Waals surface area contributed by atoms with E-state index < -0.39 is 20.9 Å². The zero-order valence-corrected chi connectivity index (χ0v) is 22.4. The van der Waals surface area contributed by atoms with Gasteiger partial charge >= 0.3 is 0 Å². The molecule has 4 aromatic carbocycles. The van der Waals surface area contributed by atoms with E-state index in [-0.39, 0.29) is 11.7 Å². The summed E-state index contributed by atoms with van der Waals surface area (Å²) in [5.74, 6) is -0.305. The Labute approximate surface area is 227 Å². The first kappa shape index (κ1) is 25.0. The molecule has 1 aliphatic carbocycles. The van der Waals surface area contributed by atoms with Crippen LogP contribution in [0.3, 0.4) is 0 Å². The van der Waals surface area contributed by atoms with Gasteiger partial charge in [0.1, 0.15) is 11.1 Å². The molecule has 0 saturated heterocycles. The number of aryl methyl sites for hydroxylation is 1. The quantitative estimate of drug-likeness (QED) is 0.134. The van der Waals surface area contributed by atoms with E-state index in [1.54, 1.807) is 6.26 Å². The number of sulfone groups is 1. The van der Waals surface area contributed by atoms with Gasteiger partial charge in [0, 0.05) is 5.56 Å². The fourth-order valence-corrected chi connectivity index (χ4v) is 8.03. The molecule has 0 spiro atoms. The molecule has 0 saturated carbocycles. The molecule has 6 rings (SSSR count). The Balaban J connectivity index is 1.52. The number of fused-ring (bicyclic) bond motifs is 5. The number of benzene rings is 4. The number of furan rings is 1. The van der Waals surface area contributed by atoms with Crippen LogP contribution in [0.25, 0.3) is 21.5 Å². The largest absolute Gasteiger partial charge is 0.458 e. The lowest BCUT2D eigenvalue weighted by molar-refractivity contribution is 0.456. The first-order chi connectivity index (χ1) is 18.4. The lowest BCUT2D eigenvalue weighted by Crippen LogP contribution is -2.16. The fraction of sp³-hybridized carbons (Fsp3) is 0.188. The van der Waals surface area contributed by atoms with Crippen LogP contribution in [-0.2, 0) is 28.4 Å². The summed E-state index contributed by atoms with van der Waals surface area (Å²) >= 11 is 4.52. The minimum atomic E-state index is -3.71. The van der Waals surface area contributed by atoms with Crippen LogP contribution in [-0.4, -0.2) is 8.42 Å². The second kappa shape index (κ2) is 9.75. The first-order valence-corrected chi connectivity index (χ1v) is 14.8. The van der Waals surface area contributed by atoms with Gasteiger partial charge in [-0.2, -0.15) is 0 Å². The highest BCUT2D eigenvalue weighted by Crippen LogP contribution is 2.42. The van der Waals surface area contributed by atoms with Gasteiger partial charge in [0.05, 0.1) is 12.0 Å². The number of rotatable bonds is 6. The van der Waals surface area contributed by atoms with Crippen LogP contribution < -0.4 is 0 Å². The van der Waals surface area contributed by atoms with E-state index in [1.165, 1.54) is 41.5 Å². The molecule has 0 aliphatic heterocycles. The number of hydrogen-bond donors (Lipinski definition) is 1. The minimum Gasteiger partial charge on any atom is -0.458 e. The molecular weight excluding hydrogens is 515 g/mol. The molecule has 38 heavy (non-hydrogen) atoms. The summed E-state index contributed by atoms with van der Waals surface area (Å²) in [5.41, 5.74) is 4.83.